The summed E-state index contributed by atoms with van der Waals surface area (Å²) in [6.07, 6.45) is 2.31. The number of rotatable bonds is 4. The zero-order chi connectivity index (χ0) is 14.5. The van der Waals surface area contributed by atoms with E-state index in [9.17, 15) is 4.79 Å². The van der Waals surface area contributed by atoms with Gasteiger partial charge in [-0.25, -0.2) is 4.98 Å². The number of anilines is 1. The van der Waals surface area contributed by atoms with Gasteiger partial charge >= 0.3 is 0 Å². The van der Waals surface area contributed by atoms with Gasteiger partial charge in [0.05, 0.1) is 11.9 Å². The molecule has 20 heavy (non-hydrogen) atoms. The van der Waals surface area contributed by atoms with Gasteiger partial charge in [-0.2, -0.15) is 0 Å². The molecule has 1 aromatic heterocycles. The minimum absolute atomic E-state index is 0.141. The third kappa shape index (κ3) is 3.43. The van der Waals surface area contributed by atoms with Crippen LogP contribution in [0.15, 0.2) is 41.1 Å². The summed E-state index contributed by atoms with van der Waals surface area (Å²) in [5.74, 6) is -0.141. The highest BCUT2D eigenvalue weighted by atomic mass is 79.9. The molecule has 104 valence electrons. The molecule has 0 aliphatic heterocycles. The number of pyridine rings is 1. The predicted molar refractivity (Wildman–Crippen MR) is 83.8 cm³/mol. The van der Waals surface area contributed by atoms with Crippen LogP contribution in [-0.2, 0) is 6.42 Å². The lowest BCUT2D eigenvalue weighted by atomic mass is 10.0. The van der Waals surface area contributed by atoms with E-state index in [0.717, 1.165) is 15.7 Å². The SMILES string of the molecule is Cc1cc(NC(=O)c2ccccc2CCN)cnc1Br. The fourth-order valence-electron chi connectivity index (χ4n) is 1.94. The second kappa shape index (κ2) is 6.63. The van der Waals surface area contributed by atoms with Crippen LogP contribution in [0, 0.1) is 6.92 Å². The van der Waals surface area contributed by atoms with Crippen LogP contribution in [0.4, 0.5) is 5.69 Å². The molecule has 2 rings (SSSR count). The van der Waals surface area contributed by atoms with E-state index in [0.29, 0.717) is 24.2 Å². The fraction of sp³-hybridized carbons (Fsp3) is 0.200. The fourth-order valence-corrected chi connectivity index (χ4v) is 2.16. The van der Waals surface area contributed by atoms with E-state index < -0.39 is 0 Å². The Labute approximate surface area is 126 Å². The van der Waals surface area contributed by atoms with Crippen LogP contribution in [0.2, 0.25) is 0 Å². The van der Waals surface area contributed by atoms with E-state index in [2.05, 4.69) is 26.2 Å². The molecule has 0 radical (unpaired) electrons. The number of hydrogen-bond donors (Lipinski definition) is 2. The summed E-state index contributed by atoms with van der Waals surface area (Å²) >= 11 is 3.33. The van der Waals surface area contributed by atoms with Gasteiger partial charge in [0.2, 0.25) is 0 Å². The molecule has 2 aromatic rings. The Kier molecular flexibility index (Phi) is 4.87. The van der Waals surface area contributed by atoms with Gasteiger partial charge in [-0.1, -0.05) is 18.2 Å². The first kappa shape index (κ1) is 14.7. The smallest absolute Gasteiger partial charge is 0.255 e. The highest BCUT2D eigenvalue weighted by molar-refractivity contribution is 9.10. The van der Waals surface area contributed by atoms with Crippen LogP contribution in [0.25, 0.3) is 0 Å². The molecule has 5 heteroatoms. The Hall–Kier alpha value is -1.72. The maximum absolute atomic E-state index is 12.3. The Morgan fingerprint density at radius 3 is 2.85 bits per heavy atom. The molecule has 0 spiro atoms. The topological polar surface area (TPSA) is 68.0 Å². The van der Waals surface area contributed by atoms with Crippen LogP contribution < -0.4 is 11.1 Å². The van der Waals surface area contributed by atoms with Crippen molar-refractivity contribution >= 4 is 27.5 Å². The molecule has 0 bridgehead atoms. The number of aromatic nitrogens is 1. The second-order valence-electron chi connectivity index (χ2n) is 4.48. The maximum Gasteiger partial charge on any atom is 0.255 e. The zero-order valence-corrected chi connectivity index (χ0v) is 12.8. The van der Waals surface area contributed by atoms with Crippen molar-refractivity contribution in [2.45, 2.75) is 13.3 Å². The standard InChI is InChI=1S/C15H16BrN3O/c1-10-8-12(9-18-14(10)16)19-15(20)13-5-3-2-4-11(13)6-7-17/h2-5,8-9H,6-7,17H2,1H3,(H,19,20). The number of halogens is 1. The van der Waals surface area contributed by atoms with Crippen LogP contribution >= 0.6 is 15.9 Å². The molecule has 3 N–H and O–H groups in total. The van der Waals surface area contributed by atoms with Crippen molar-refractivity contribution in [3.63, 3.8) is 0 Å². The Balaban J connectivity index is 2.21. The normalized spacial score (nSPS) is 10.3. The number of carbonyl (C=O) groups excluding carboxylic acids is 1. The van der Waals surface area contributed by atoms with E-state index in [-0.39, 0.29) is 5.91 Å². The first-order valence-corrected chi connectivity index (χ1v) is 7.12. The molecule has 1 amide bonds. The molecular formula is C15H16BrN3O. The molecular weight excluding hydrogens is 318 g/mol. The molecule has 0 unspecified atom stereocenters. The summed E-state index contributed by atoms with van der Waals surface area (Å²) in [6, 6.07) is 9.36. The Bertz CT molecular complexity index is 628. The van der Waals surface area contributed by atoms with Crippen molar-refractivity contribution in [2.75, 3.05) is 11.9 Å². The monoisotopic (exact) mass is 333 g/mol. The van der Waals surface area contributed by atoms with Crippen molar-refractivity contribution < 1.29 is 4.79 Å². The molecule has 0 saturated carbocycles. The molecule has 0 aliphatic rings. The number of nitrogens with zero attached hydrogens (tertiary/aromatic N) is 1. The van der Waals surface area contributed by atoms with Gasteiger partial charge in [0.1, 0.15) is 4.60 Å². The number of hydrogen-bond acceptors (Lipinski definition) is 3. The van der Waals surface area contributed by atoms with Crippen molar-refractivity contribution in [1.29, 1.82) is 0 Å². The summed E-state index contributed by atoms with van der Waals surface area (Å²) in [4.78, 5) is 16.5. The van der Waals surface area contributed by atoms with Crippen LogP contribution in [0.5, 0.6) is 0 Å². The zero-order valence-electron chi connectivity index (χ0n) is 11.2. The molecule has 1 aromatic carbocycles. The third-order valence-corrected chi connectivity index (χ3v) is 3.78. The lowest BCUT2D eigenvalue weighted by molar-refractivity contribution is 0.102. The van der Waals surface area contributed by atoms with Gasteiger partial charge in [0.25, 0.3) is 5.91 Å². The van der Waals surface area contributed by atoms with Crippen molar-refractivity contribution in [3.05, 3.63) is 57.8 Å². The van der Waals surface area contributed by atoms with Gasteiger partial charge < -0.3 is 11.1 Å². The quantitative estimate of drug-likeness (QED) is 0.845. The van der Waals surface area contributed by atoms with E-state index >= 15 is 0 Å². The molecule has 0 atom stereocenters. The number of amides is 1. The first-order chi connectivity index (χ1) is 9.61. The Morgan fingerprint density at radius 2 is 2.15 bits per heavy atom. The second-order valence-corrected chi connectivity index (χ2v) is 5.23. The van der Waals surface area contributed by atoms with Gasteiger partial charge in [0, 0.05) is 5.56 Å². The lowest BCUT2D eigenvalue weighted by Crippen LogP contribution is -2.16. The number of benzene rings is 1. The third-order valence-electron chi connectivity index (χ3n) is 2.95. The highest BCUT2D eigenvalue weighted by Gasteiger charge is 2.11. The Morgan fingerprint density at radius 1 is 1.40 bits per heavy atom. The summed E-state index contributed by atoms with van der Waals surface area (Å²) in [7, 11) is 0. The number of nitrogens with two attached hydrogens (primary N) is 1. The lowest BCUT2D eigenvalue weighted by Gasteiger charge is -2.10. The molecule has 1 heterocycles. The van der Waals surface area contributed by atoms with E-state index in [1.54, 1.807) is 12.3 Å². The minimum Gasteiger partial charge on any atom is -0.330 e. The number of nitrogens with one attached hydrogen (secondary N) is 1. The average molecular weight is 334 g/mol. The van der Waals surface area contributed by atoms with Crippen molar-refractivity contribution in [1.82, 2.24) is 4.98 Å². The number of aryl methyl sites for hydroxylation is 1. The first-order valence-electron chi connectivity index (χ1n) is 6.33. The van der Waals surface area contributed by atoms with Crippen molar-refractivity contribution in [3.8, 4) is 0 Å². The largest absolute Gasteiger partial charge is 0.330 e. The summed E-state index contributed by atoms with van der Waals surface area (Å²) in [5, 5.41) is 2.86. The number of carbonyl (C=O) groups is 1. The average Bonchev–Trinajstić information content (AvgIpc) is 2.44. The molecule has 0 fully saturated rings. The van der Waals surface area contributed by atoms with Crippen LogP contribution in [-0.4, -0.2) is 17.4 Å². The van der Waals surface area contributed by atoms with Gasteiger partial charge in [-0.05, 0) is 59.1 Å². The summed E-state index contributed by atoms with van der Waals surface area (Å²) in [6.45, 7) is 2.44. The van der Waals surface area contributed by atoms with E-state index in [1.807, 2.05) is 31.2 Å². The van der Waals surface area contributed by atoms with Gasteiger partial charge in [0.15, 0.2) is 0 Å². The van der Waals surface area contributed by atoms with Crippen molar-refractivity contribution in [2.24, 2.45) is 5.73 Å². The summed E-state index contributed by atoms with van der Waals surface area (Å²) < 4.78 is 0.777. The maximum atomic E-state index is 12.3. The van der Waals surface area contributed by atoms with Gasteiger partial charge in [-0.15, -0.1) is 0 Å². The summed E-state index contributed by atoms with van der Waals surface area (Å²) in [5.41, 5.74) is 8.83. The molecule has 4 nitrogen and oxygen atoms in total. The van der Waals surface area contributed by atoms with Crippen LogP contribution in [0.1, 0.15) is 21.5 Å². The van der Waals surface area contributed by atoms with Crippen LogP contribution in [0.3, 0.4) is 0 Å². The highest BCUT2D eigenvalue weighted by Crippen LogP contribution is 2.18. The molecule has 0 saturated heterocycles. The van der Waals surface area contributed by atoms with E-state index in [4.69, 9.17) is 5.73 Å². The molecule has 0 aliphatic carbocycles. The predicted octanol–water partition coefficient (Wildman–Crippen LogP) is 2.91. The minimum atomic E-state index is -0.141. The van der Waals surface area contributed by atoms with Gasteiger partial charge in [-0.3, -0.25) is 4.79 Å². The van der Waals surface area contributed by atoms with E-state index in [1.165, 1.54) is 0 Å².